The number of carbonyl (C=O) groups is 1. The van der Waals surface area contributed by atoms with Crippen molar-refractivity contribution in [3.63, 3.8) is 0 Å². The van der Waals surface area contributed by atoms with Gasteiger partial charge in [0.15, 0.2) is 0 Å². The summed E-state index contributed by atoms with van der Waals surface area (Å²) in [6, 6.07) is 17.5. The van der Waals surface area contributed by atoms with Crippen LogP contribution in [-0.4, -0.2) is 94.8 Å². The number of allylic oxidation sites excluding steroid dienone is 1. The minimum atomic E-state index is -1.45. The number of carbonyl (C=O) groups excluding carboxylic acids is 1. The Morgan fingerprint density at radius 1 is 0.926 bits per heavy atom. The number of hydrogen-bond acceptors (Lipinski definition) is 12. The smallest absolute Gasteiger partial charge is 0.269 e. The summed E-state index contributed by atoms with van der Waals surface area (Å²) in [7, 11) is 0. The van der Waals surface area contributed by atoms with Crippen LogP contribution in [-0.2, 0) is 25.7 Å². The number of non-ortho nitro benzene ring substituents is 1. The van der Waals surface area contributed by atoms with Crippen LogP contribution in [0.1, 0.15) is 112 Å². The van der Waals surface area contributed by atoms with Crippen molar-refractivity contribution in [1.82, 2.24) is 4.90 Å². The summed E-state index contributed by atoms with van der Waals surface area (Å²) in [4.78, 5) is 34.1. The van der Waals surface area contributed by atoms with E-state index in [1.807, 2.05) is 35.2 Å². The summed E-state index contributed by atoms with van der Waals surface area (Å²) in [5.41, 5.74) is 5.44. The van der Waals surface area contributed by atoms with Crippen LogP contribution < -0.4 is 9.47 Å². The van der Waals surface area contributed by atoms with E-state index in [1.54, 1.807) is 18.2 Å². The largest absolute Gasteiger partial charge is 0.459 e. The van der Waals surface area contributed by atoms with Gasteiger partial charge in [-0.25, -0.2) is 0 Å². The molecule has 0 spiro atoms. The molecular formula is C54H71N3O11. The third kappa shape index (κ3) is 12.0. The number of unbranched alkanes of at least 4 members (excludes halogenated alkanes) is 2. The van der Waals surface area contributed by atoms with Crippen molar-refractivity contribution < 1.29 is 48.8 Å². The van der Waals surface area contributed by atoms with Gasteiger partial charge in [-0.05, 0) is 128 Å². The average Bonchev–Trinajstić information content (AvgIpc) is 3.87. The minimum Gasteiger partial charge on any atom is -0.459 e. The number of nitro benzene ring substituents is 1. The van der Waals surface area contributed by atoms with Crippen LogP contribution >= 0.6 is 0 Å². The summed E-state index contributed by atoms with van der Waals surface area (Å²) >= 11 is 0. The predicted octanol–water partition coefficient (Wildman–Crippen LogP) is 9.65. The van der Waals surface area contributed by atoms with Gasteiger partial charge in [0.25, 0.3) is 5.69 Å². The van der Waals surface area contributed by atoms with Gasteiger partial charge in [0.2, 0.25) is 11.7 Å². The molecule has 14 heteroatoms. The molecule has 3 N–H and O–H groups in total. The summed E-state index contributed by atoms with van der Waals surface area (Å²) in [5, 5.41) is 46.1. The number of ether oxygens (including phenoxy) is 4. The highest BCUT2D eigenvalue weighted by molar-refractivity contribution is 6.03. The molecule has 2 saturated carbocycles. The fraction of sp³-hybridized carbons (Fsp3) is 0.556. The van der Waals surface area contributed by atoms with Crippen molar-refractivity contribution in [2.45, 2.75) is 122 Å². The highest BCUT2D eigenvalue weighted by Gasteiger charge is 2.65. The van der Waals surface area contributed by atoms with Crippen LogP contribution in [0.5, 0.6) is 17.2 Å². The monoisotopic (exact) mass is 938 g/mol. The zero-order chi connectivity index (χ0) is 48.0. The second kappa shape index (κ2) is 24.4. The van der Waals surface area contributed by atoms with Gasteiger partial charge in [-0.3, -0.25) is 14.9 Å². The third-order valence-electron chi connectivity index (χ3n) is 14.6. The van der Waals surface area contributed by atoms with Gasteiger partial charge in [-0.2, -0.15) is 0 Å². The molecule has 7 rings (SSSR count). The first-order chi connectivity index (χ1) is 33.1. The molecule has 0 saturated heterocycles. The van der Waals surface area contributed by atoms with E-state index in [1.165, 1.54) is 30.5 Å². The Morgan fingerprint density at radius 3 is 2.37 bits per heavy atom. The van der Waals surface area contributed by atoms with Gasteiger partial charge in [-0.15, -0.1) is 6.58 Å². The highest BCUT2D eigenvalue weighted by atomic mass is 16.7. The first-order valence-electron chi connectivity index (χ1n) is 24.8. The quantitative estimate of drug-likeness (QED) is 0.0302. The lowest BCUT2D eigenvalue weighted by molar-refractivity contribution is -0.384. The summed E-state index contributed by atoms with van der Waals surface area (Å²) in [6.07, 6.45) is 14.3. The number of aliphatic hydroxyl groups is 3. The van der Waals surface area contributed by atoms with Crippen molar-refractivity contribution >= 4 is 17.3 Å². The number of nitrogens with zero attached hydrogens (tertiary/aromatic N) is 3. The molecule has 0 aromatic heterocycles. The Labute approximate surface area is 401 Å². The van der Waals surface area contributed by atoms with Crippen molar-refractivity contribution in [1.29, 1.82) is 0 Å². The molecule has 0 radical (unpaired) electrons. The van der Waals surface area contributed by atoms with E-state index in [4.69, 9.17) is 28.9 Å². The molecule has 3 aromatic carbocycles. The van der Waals surface area contributed by atoms with Crippen LogP contribution in [0.25, 0.3) is 0 Å². The Hall–Kier alpha value is -5.12. The van der Waals surface area contributed by atoms with E-state index in [-0.39, 0.29) is 88.6 Å². The second-order valence-corrected chi connectivity index (χ2v) is 18.9. The molecule has 1 heterocycles. The van der Waals surface area contributed by atoms with Gasteiger partial charge in [0, 0.05) is 56.2 Å². The van der Waals surface area contributed by atoms with Gasteiger partial charge in [-0.1, -0.05) is 61.9 Å². The number of nitro groups is 1. The lowest BCUT2D eigenvalue weighted by atomic mass is 9.55. The van der Waals surface area contributed by atoms with Gasteiger partial charge in [0.1, 0.15) is 29.9 Å². The molecule has 3 aromatic rings. The number of aliphatic hydroxyl groups excluding tert-OH is 3. The van der Waals surface area contributed by atoms with Crippen LogP contribution in [0.4, 0.5) is 5.69 Å². The van der Waals surface area contributed by atoms with E-state index in [9.17, 15) is 25.4 Å². The van der Waals surface area contributed by atoms with Gasteiger partial charge < -0.3 is 44.0 Å². The van der Waals surface area contributed by atoms with Crippen molar-refractivity contribution in [3.8, 4) is 17.2 Å². The van der Waals surface area contributed by atoms with Crippen LogP contribution in [0.3, 0.4) is 0 Å². The zero-order valence-electron chi connectivity index (χ0n) is 39.9. The van der Waals surface area contributed by atoms with Gasteiger partial charge >= 0.3 is 0 Å². The fourth-order valence-corrected chi connectivity index (χ4v) is 11.1. The normalized spacial score (nSPS) is 23.6. The second-order valence-electron chi connectivity index (χ2n) is 18.9. The van der Waals surface area contributed by atoms with Crippen molar-refractivity contribution in [2.24, 2.45) is 28.8 Å². The number of rotatable bonds is 26. The number of fused-ring (bicyclic) bond motifs is 2. The molecule has 2 fully saturated rings. The number of hydrogen-bond donors (Lipinski definition) is 3. The Bertz CT molecular complexity index is 2220. The maximum atomic E-state index is 15.0. The fourth-order valence-electron chi connectivity index (χ4n) is 11.1. The third-order valence-corrected chi connectivity index (χ3v) is 14.6. The maximum absolute atomic E-state index is 15.0. The molecule has 3 aliphatic carbocycles. The number of oxime groups is 1. The van der Waals surface area contributed by atoms with Crippen LogP contribution in [0.2, 0.25) is 0 Å². The lowest BCUT2D eigenvalue weighted by Gasteiger charge is -2.60. The average molecular weight is 938 g/mol. The molecule has 4 aliphatic rings. The first-order valence-corrected chi connectivity index (χ1v) is 24.8. The van der Waals surface area contributed by atoms with Crippen molar-refractivity contribution in [2.75, 3.05) is 46.2 Å². The van der Waals surface area contributed by atoms with Crippen LogP contribution in [0, 0.1) is 47.6 Å². The molecule has 1 amide bonds. The maximum Gasteiger partial charge on any atom is 0.269 e. The number of aryl methyl sites for hydroxylation is 2. The lowest BCUT2D eigenvalue weighted by Crippen LogP contribution is -2.70. The first kappa shape index (κ1) is 50.7. The Balaban J connectivity index is 1.41. The van der Waals surface area contributed by atoms with E-state index in [2.05, 4.69) is 32.6 Å². The topological polar surface area (TPSA) is 183 Å². The molecule has 368 valence electrons. The van der Waals surface area contributed by atoms with E-state index in [0.717, 1.165) is 61.6 Å². The zero-order valence-corrected chi connectivity index (χ0v) is 39.9. The predicted molar refractivity (Wildman–Crippen MR) is 260 cm³/mol. The van der Waals surface area contributed by atoms with E-state index in [0.29, 0.717) is 53.7 Å². The SMILES string of the molecule is C=CCOC12Oc3ccc(Oc4ccc(C)c(C)c4)cc3C3C(CCCCO)C(CCCCO)C=C(C(=NOCc4ccc([N+](=O)[O-])cc4)CC1N(CCOCCO)C(=O)CCC1CCCC1)C32. The Morgan fingerprint density at radius 2 is 1.66 bits per heavy atom. The minimum absolute atomic E-state index is 0.0145. The molecular weight excluding hydrogens is 867 g/mol. The molecule has 6 atom stereocenters. The highest BCUT2D eigenvalue weighted by Crippen LogP contribution is 2.62. The summed E-state index contributed by atoms with van der Waals surface area (Å²) in [5.74, 6) is 0.230. The van der Waals surface area contributed by atoms with Gasteiger partial charge in [0.05, 0.1) is 43.0 Å². The number of benzene rings is 3. The molecule has 0 bridgehead atoms. The summed E-state index contributed by atoms with van der Waals surface area (Å²) in [6.45, 7) is 8.87. The Kier molecular flexibility index (Phi) is 18.2. The number of amides is 1. The molecule has 1 aliphatic heterocycles. The van der Waals surface area contributed by atoms with Crippen LogP contribution in [0.15, 0.2) is 90.1 Å². The molecule has 68 heavy (non-hydrogen) atoms. The molecule has 14 nitrogen and oxygen atoms in total. The van der Waals surface area contributed by atoms with E-state index >= 15 is 4.79 Å². The standard InChI is InChI=1S/C54H71N3O11/c1-4-29-65-54-50(56(25-30-64-31-28-60)51(61)24-18-39-11-5-6-12-39)35-48(55-66-36-40-16-19-42(20-17-40)57(62)63)46-33-41(13-7-9-26-58)45(14-8-10-27-59)52(53(46)54)47-34-44(22-23-49(47)68-54)67-43-21-15-37(2)38(3)32-43/h4,15-17,19-23,32-34,39,41,45,50,52-53,58-60H,1,5-14,18,24-31,35-36H2,2-3H3. The summed E-state index contributed by atoms with van der Waals surface area (Å²) < 4.78 is 27.1. The van der Waals surface area contributed by atoms with E-state index < -0.39 is 22.7 Å². The van der Waals surface area contributed by atoms with Crippen molar-refractivity contribution in [3.05, 3.63) is 117 Å². The molecule has 6 unspecified atom stereocenters.